The molecule has 8 heteroatoms. The maximum atomic E-state index is 10.8. The van der Waals surface area contributed by atoms with Crippen LogP contribution >= 0.6 is 11.6 Å². The Morgan fingerprint density at radius 3 is 2.84 bits per heavy atom. The van der Waals surface area contributed by atoms with Crippen LogP contribution in [0, 0.1) is 10.1 Å². The molecule has 100 valence electrons. The number of nitrogens with one attached hydrogen (secondary N) is 1. The van der Waals surface area contributed by atoms with E-state index in [4.69, 9.17) is 16.3 Å². The first-order valence-corrected chi connectivity index (χ1v) is 6.19. The van der Waals surface area contributed by atoms with Crippen molar-refractivity contribution in [3.05, 3.63) is 27.3 Å². The Labute approximate surface area is 113 Å². The molecule has 3 rings (SSSR count). The van der Waals surface area contributed by atoms with Gasteiger partial charge < -0.3 is 14.6 Å². The summed E-state index contributed by atoms with van der Waals surface area (Å²) >= 11 is 5.86. The van der Waals surface area contributed by atoms with E-state index in [9.17, 15) is 10.1 Å². The van der Waals surface area contributed by atoms with Crippen LogP contribution in [0.25, 0.3) is 11.0 Å². The van der Waals surface area contributed by atoms with Crippen molar-refractivity contribution in [2.24, 2.45) is 0 Å². The molecule has 7 nitrogen and oxygen atoms in total. The lowest BCUT2D eigenvalue weighted by molar-refractivity contribution is -0.384. The molecule has 0 saturated carbocycles. The van der Waals surface area contributed by atoms with Crippen molar-refractivity contribution in [1.29, 1.82) is 0 Å². The van der Waals surface area contributed by atoms with Crippen LogP contribution in [0.15, 0.2) is 12.1 Å². The Morgan fingerprint density at radius 1 is 1.42 bits per heavy atom. The maximum absolute atomic E-state index is 10.8. The number of nitro benzene ring substituents is 1. The van der Waals surface area contributed by atoms with E-state index in [2.05, 4.69) is 9.97 Å². The molecule has 1 aromatic heterocycles. The lowest BCUT2D eigenvalue weighted by Gasteiger charge is -2.26. The molecule has 0 radical (unpaired) electrons. The molecule has 2 aromatic rings. The minimum absolute atomic E-state index is 0.0949. The van der Waals surface area contributed by atoms with Gasteiger partial charge in [0, 0.05) is 19.2 Å². The molecule has 1 N–H and O–H groups in total. The molecule has 0 atom stereocenters. The van der Waals surface area contributed by atoms with Gasteiger partial charge in [0.15, 0.2) is 0 Å². The number of H-pyrrole nitrogens is 1. The quantitative estimate of drug-likeness (QED) is 0.672. The van der Waals surface area contributed by atoms with E-state index in [-0.39, 0.29) is 10.7 Å². The van der Waals surface area contributed by atoms with E-state index in [0.717, 1.165) is 13.1 Å². The number of fused-ring (bicyclic) bond motifs is 1. The number of morpholine rings is 1. The van der Waals surface area contributed by atoms with Crippen molar-refractivity contribution in [1.82, 2.24) is 9.97 Å². The number of aromatic nitrogens is 2. The van der Waals surface area contributed by atoms with Crippen LogP contribution in [-0.4, -0.2) is 41.2 Å². The van der Waals surface area contributed by atoms with Gasteiger partial charge in [-0.3, -0.25) is 10.1 Å². The Morgan fingerprint density at radius 2 is 2.16 bits per heavy atom. The third-order valence-corrected chi connectivity index (χ3v) is 3.35. The molecule has 0 aliphatic carbocycles. The van der Waals surface area contributed by atoms with Gasteiger partial charge in [0.25, 0.3) is 5.69 Å². The van der Waals surface area contributed by atoms with Crippen molar-refractivity contribution in [2.75, 3.05) is 31.2 Å². The van der Waals surface area contributed by atoms with Crippen LogP contribution in [0.3, 0.4) is 0 Å². The van der Waals surface area contributed by atoms with Gasteiger partial charge in [0.1, 0.15) is 5.02 Å². The van der Waals surface area contributed by atoms with E-state index < -0.39 is 4.92 Å². The maximum Gasteiger partial charge on any atom is 0.290 e. The summed E-state index contributed by atoms with van der Waals surface area (Å²) in [6.07, 6.45) is 0. The monoisotopic (exact) mass is 282 g/mol. The molecule has 0 bridgehead atoms. The zero-order chi connectivity index (χ0) is 13.4. The minimum atomic E-state index is -0.503. The van der Waals surface area contributed by atoms with E-state index in [1.165, 1.54) is 12.1 Å². The summed E-state index contributed by atoms with van der Waals surface area (Å²) in [6.45, 7) is 2.79. The van der Waals surface area contributed by atoms with E-state index in [1.807, 2.05) is 4.90 Å². The zero-order valence-electron chi connectivity index (χ0n) is 9.93. The number of nitrogens with zero attached hydrogens (tertiary/aromatic N) is 3. The minimum Gasteiger partial charge on any atom is -0.378 e. The fourth-order valence-corrected chi connectivity index (χ4v) is 2.30. The highest BCUT2D eigenvalue weighted by Crippen LogP contribution is 2.30. The second-order valence-electron chi connectivity index (χ2n) is 4.24. The molecule has 1 aromatic carbocycles. The van der Waals surface area contributed by atoms with E-state index in [1.54, 1.807) is 0 Å². The number of imidazole rings is 1. The summed E-state index contributed by atoms with van der Waals surface area (Å²) in [6, 6.07) is 2.92. The van der Waals surface area contributed by atoms with Crippen LogP contribution in [0.2, 0.25) is 5.02 Å². The highest BCUT2D eigenvalue weighted by molar-refractivity contribution is 6.33. The average Bonchev–Trinajstić information content (AvgIpc) is 2.81. The topological polar surface area (TPSA) is 84.3 Å². The molecule has 0 unspecified atom stereocenters. The number of ether oxygens (including phenoxy) is 1. The first-order valence-electron chi connectivity index (χ1n) is 5.81. The number of halogens is 1. The molecular formula is C11H11ClN4O3. The summed E-state index contributed by atoms with van der Waals surface area (Å²) in [5.41, 5.74) is 1.11. The average molecular weight is 283 g/mol. The molecule has 2 heterocycles. The summed E-state index contributed by atoms with van der Waals surface area (Å²) in [5.74, 6) is 0.690. The van der Waals surface area contributed by atoms with Gasteiger partial charge in [-0.25, -0.2) is 4.98 Å². The zero-order valence-corrected chi connectivity index (χ0v) is 10.7. The predicted octanol–water partition coefficient (Wildman–Crippen LogP) is 1.96. The third kappa shape index (κ3) is 2.22. The fraction of sp³-hybridized carbons (Fsp3) is 0.364. The molecule has 0 amide bonds. The number of benzene rings is 1. The van der Waals surface area contributed by atoms with Crippen molar-refractivity contribution in [3.8, 4) is 0 Å². The van der Waals surface area contributed by atoms with Crippen LogP contribution < -0.4 is 4.90 Å². The molecule has 1 saturated heterocycles. The lowest BCUT2D eigenvalue weighted by atomic mass is 10.3. The van der Waals surface area contributed by atoms with Gasteiger partial charge in [0.2, 0.25) is 5.95 Å². The Hall–Kier alpha value is -1.86. The highest BCUT2D eigenvalue weighted by Gasteiger charge is 2.18. The van der Waals surface area contributed by atoms with Gasteiger partial charge >= 0.3 is 0 Å². The predicted molar refractivity (Wildman–Crippen MR) is 70.8 cm³/mol. The molecule has 19 heavy (non-hydrogen) atoms. The van der Waals surface area contributed by atoms with E-state index >= 15 is 0 Å². The van der Waals surface area contributed by atoms with Crippen LogP contribution in [-0.2, 0) is 4.74 Å². The third-order valence-electron chi connectivity index (χ3n) is 3.05. The van der Waals surface area contributed by atoms with Crippen LogP contribution in [0.4, 0.5) is 11.6 Å². The number of anilines is 1. The number of hydrogen-bond donors (Lipinski definition) is 1. The second kappa shape index (κ2) is 4.67. The molecule has 1 aliphatic rings. The van der Waals surface area contributed by atoms with Gasteiger partial charge in [-0.2, -0.15) is 0 Å². The summed E-state index contributed by atoms with van der Waals surface area (Å²) in [7, 11) is 0. The largest absolute Gasteiger partial charge is 0.378 e. The number of aromatic amines is 1. The summed E-state index contributed by atoms with van der Waals surface area (Å²) in [4.78, 5) is 19.9. The van der Waals surface area contributed by atoms with Gasteiger partial charge in [-0.1, -0.05) is 11.6 Å². The highest BCUT2D eigenvalue weighted by atomic mass is 35.5. The fourth-order valence-electron chi connectivity index (χ4n) is 2.07. The number of nitro groups is 1. The SMILES string of the molecule is O=[N+]([O-])c1cc2[nH]c(N3CCOCC3)nc2cc1Cl. The number of rotatable bonds is 2. The van der Waals surface area contributed by atoms with Crippen molar-refractivity contribution >= 4 is 34.3 Å². The Bertz CT molecular complexity index is 636. The van der Waals surface area contributed by atoms with Crippen molar-refractivity contribution < 1.29 is 9.66 Å². The molecule has 0 spiro atoms. The van der Waals surface area contributed by atoms with Crippen molar-refractivity contribution in [3.63, 3.8) is 0 Å². The lowest BCUT2D eigenvalue weighted by Crippen LogP contribution is -2.36. The van der Waals surface area contributed by atoms with Gasteiger partial charge in [0.05, 0.1) is 29.2 Å². The standard InChI is InChI=1S/C11H11ClN4O3/c12-7-5-8-9(6-10(7)16(17)18)14-11(13-8)15-1-3-19-4-2-15/h5-6H,1-4H2,(H,13,14). The number of hydrogen-bond acceptors (Lipinski definition) is 5. The first kappa shape index (κ1) is 12.2. The second-order valence-corrected chi connectivity index (χ2v) is 4.64. The normalized spacial score (nSPS) is 15.9. The molecular weight excluding hydrogens is 272 g/mol. The first-order chi connectivity index (χ1) is 9.15. The van der Waals surface area contributed by atoms with Gasteiger partial charge in [-0.15, -0.1) is 0 Å². The molecule has 1 aliphatic heterocycles. The Balaban J connectivity index is 2.02. The summed E-state index contributed by atoms with van der Waals surface area (Å²) in [5, 5.41) is 10.9. The smallest absolute Gasteiger partial charge is 0.290 e. The van der Waals surface area contributed by atoms with Crippen molar-refractivity contribution in [2.45, 2.75) is 0 Å². The van der Waals surface area contributed by atoms with Crippen LogP contribution in [0.5, 0.6) is 0 Å². The van der Waals surface area contributed by atoms with E-state index in [0.29, 0.717) is 30.2 Å². The molecule has 1 fully saturated rings. The Kier molecular flexibility index (Phi) is 3.00. The van der Waals surface area contributed by atoms with Gasteiger partial charge in [-0.05, 0) is 6.07 Å². The van der Waals surface area contributed by atoms with Crippen LogP contribution in [0.1, 0.15) is 0 Å². The summed E-state index contributed by atoms with van der Waals surface area (Å²) < 4.78 is 5.27.